The lowest BCUT2D eigenvalue weighted by atomic mass is 9.90. The maximum atomic E-state index is 11.3. The first-order chi connectivity index (χ1) is 9.52. The number of unbranched alkanes of at least 4 members (excludes halogenated alkanes) is 5. The quantitative estimate of drug-likeness (QED) is 0.415. The van der Waals surface area contributed by atoms with Crippen LogP contribution in [0.3, 0.4) is 0 Å². The Morgan fingerprint density at radius 1 is 1.00 bits per heavy atom. The second-order valence-electron chi connectivity index (χ2n) is 5.22. The molecule has 1 unspecified atom stereocenters. The number of hydrogen-bond donors (Lipinski definition) is 2. The lowest BCUT2D eigenvalue weighted by Gasteiger charge is -2.15. The molecule has 116 valence electrons. The molecule has 0 spiro atoms. The fourth-order valence-electron chi connectivity index (χ4n) is 2.21. The Labute approximate surface area is 121 Å². The van der Waals surface area contributed by atoms with Crippen LogP contribution in [-0.4, -0.2) is 22.2 Å². The summed E-state index contributed by atoms with van der Waals surface area (Å²) in [5.41, 5.74) is 0.790. The Kier molecular flexibility index (Phi) is 10.7. The molecule has 2 N–H and O–H groups in total. The van der Waals surface area contributed by atoms with Crippen molar-refractivity contribution in [2.45, 2.75) is 71.6 Å². The molecule has 1 atom stereocenters. The van der Waals surface area contributed by atoms with Crippen LogP contribution in [0.4, 0.5) is 0 Å². The zero-order valence-electron chi connectivity index (χ0n) is 12.7. The van der Waals surface area contributed by atoms with Gasteiger partial charge in [-0.3, -0.25) is 9.59 Å². The first-order valence-corrected chi connectivity index (χ1v) is 7.66. The predicted molar refractivity (Wildman–Crippen MR) is 79.7 cm³/mol. The molecule has 0 saturated heterocycles. The van der Waals surface area contributed by atoms with Gasteiger partial charge in [0.05, 0.1) is 12.3 Å². The van der Waals surface area contributed by atoms with Crippen molar-refractivity contribution in [1.82, 2.24) is 0 Å². The van der Waals surface area contributed by atoms with Crippen LogP contribution in [0.1, 0.15) is 71.6 Å². The van der Waals surface area contributed by atoms with Gasteiger partial charge >= 0.3 is 11.9 Å². The van der Waals surface area contributed by atoms with E-state index in [0.717, 1.165) is 37.7 Å². The minimum absolute atomic E-state index is 0.320. The molecule has 0 fully saturated rings. The van der Waals surface area contributed by atoms with Gasteiger partial charge in [0.1, 0.15) is 0 Å². The normalized spacial score (nSPS) is 13.2. The molecule has 4 nitrogen and oxygen atoms in total. The van der Waals surface area contributed by atoms with Crippen LogP contribution >= 0.6 is 0 Å². The fourth-order valence-corrected chi connectivity index (χ4v) is 2.21. The highest BCUT2D eigenvalue weighted by molar-refractivity contribution is 5.80. The summed E-state index contributed by atoms with van der Waals surface area (Å²) in [7, 11) is 0. The van der Waals surface area contributed by atoms with Gasteiger partial charge in [-0.05, 0) is 25.7 Å². The highest BCUT2D eigenvalue weighted by Crippen LogP contribution is 2.23. The highest BCUT2D eigenvalue weighted by atomic mass is 16.4. The number of rotatable bonds is 12. The van der Waals surface area contributed by atoms with Crippen molar-refractivity contribution in [3.63, 3.8) is 0 Å². The molecule has 0 aliphatic rings. The van der Waals surface area contributed by atoms with E-state index in [-0.39, 0.29) is 6.42 Å². The van der Waals surface area contributed by atoms with Crippen LogP contribution in [0, 0.1) is 5.92 Å². The second kappa shape index (κ2) is 11.5. The number of hydrogen-bond acceptors (Lipinski definition) is 2. The maximum Gasteiger partial charge on any atom is 0.311 e. The van der Waals surface area contributed by atoms with Crippen LogP contribution in [0.15, 0.2) is 11.6 Å². The van der Waals surface area contributed by atoms with E-state index in [1.165, 1.54) is 12.8 Å². The molecule has 0 heterocycles. The van der Waals surface area contributed by atoms with Gasteiger partial charge in [-0.1, -0.05) is 51.2 Å². The zero-order chi connectivity index (χ0) is 15.4. The molecule has 0 amide bonds. The predicted octanol–water partition coefficient (Wildman–Crippen LogP) is 4.25. The molecule has 0 rings (SSSR count). The van der Waals surface area contributed by atoms with Crippen molar-refractivity contribution >= 4 is 11.9 Å². The van der Waals surface area contributed by atoms with Gasteiger partial charge < -0.3 is 10.2 Å². The molecule has 0 radical (unpaired) electrons. The number of carbonyl (C=O) groups is 2. The minimum atomic E-state index is -1.05. The monoisotopic (exact) mass is 284 g/mol. The summed E-state index contributed by atoms with van der Waals surface area (Å²) in [6.45, 7) is 4.20. The fraction of sp³-hybridized carbons (Fsp3) is 0.750. The summed E-state index contributed by atoms with van der Waals surface area (Å²) in [5, 5.41) is 18.1. The largest absolute Gasteiger partial charge is 0.481 e. The second-order valence-corrected chi connectivity index (χ2v) is 5.22. The standard InChI is InChI=1S/C16H28O4/c1-3-5-7-8-9-11-13(10-6-4-2)14(16(19)20)12-15(17)18/h11,14H,3-10,12H2,1-2H3,(H,17,18)(H,19,20). The number of carboxylic acid groups (broad SMARTS) is 2. The van der Waals surface area contributed by atoms with Crippen LogP contribution in [0.5, 0.6) is 0 Å². The van der Waals surface area contributed by atoms with Crippen molar-refractivity contribution in [1.29, 1.82) is 0 Å². The smallest absolute Gasteiger partial charge is 0.311 e. The Balaban J connectivity index is 4.66. The van der Waals surface area contributed by atoms with Gasteiger partial charge in [0.15, 0.2) is 0 Å². The van der Waals surface area contributed by atoms with E-state index in [4.69, 9.17) is 5.11 Å². The Morgan fingerprint density at radius 3 is 2.15 bits per heavy atom. The van der Waals surface area contributed by atoms with Crippen molar-refractivity contribution in [2.75, 3.05) is 0 Å². The Hall–Kier alpha value is -1.32. The van der Waals surface area contributed by atoms with Gasteiger partial charge in [-0.15, -0.1) is 0 Å². The number of carboxylic acids is 2. The van der Waals surface area contributed by atoms with E-state index < -0.39 is 17.9 Å². The SMILES string of the molecule is CCCCCCC=C(CCCC)C(CC(=O)O)C(=O)O. The lowest BCUT2D eigenvalue weighted by Crippen LogP contribution is -2.20. The first-order valence-electron chi connectivity index (χ1n) is 7.66. The summed E-state index contributed by atoms with van der Waals surface area (Å²) in [5.74, 6) is -2.95. The molecule has 0 aromatic carbocycles. The number of aliphatic carboxylic acids is 2. The van der Waals surface area contributed by atoms with Crippen molar-refractivity contribution in [2.24, 2.45) is 5.92 Å². The van der Waals surface area contributed by atoms with E-state index in [1.807, 2.05) is 13.0 Å². The van der Waals surface area contributed by atoms with Gasteiger partial charge in [-0.25, -0.2) is 0 Å². The third-order valence-corrected chi connectivity index (χ3v) is 3.41. The molecule has 4 heteroatoms. The Morgan fingerprint density at radius 2 is 1.65 bits per heavy atom. The molecule has 20 heavy (non-hydrogen) atoms. The molecule has 0 aliphatic heterocycles. The average molecular weight is 284 g/mol. The topological polar surface area (TPSA) is 74.6 Å². The van der Waals surface area contributed by atoms with Crippen LogP contribution in [0.2, 0.25) is 0 Å². The molecule has 0 saturated carbocycles. The third kappa shape index (κ3) is 8.73. The van der Waals surface area contributed by atoms with E-state index in [2.05, 4.69) is 6.92 Å². The zero-order valence-corrected chi connectivity index (χ0v) is 12.7. The van der Waals surface area contributed by atoms with Gasteiger partial charge in [-0.2, -0.15) is 0 Å². The Bertz CT molecular complexity index is 320. The molecule has 0 aromatic heterocycles. The van der Waals surface area contributed by atoms with Crippen molar-refractivity contribution < 1.29 is 19.8 Å². The third-order valence-electron chi connectivity index (χ3n) is 3.41. The minimum Gasteiger partial charge on any atom is -0.481 e. The van der Waals surface area contributed by atoms with Crippen molar-refractivity contribution in [3.8, 4) is 0 Å². The molecular formula is C16H28O4. The lowest BCUT2D eigenvalue weighted by molar-refractivity contribution is -0.147. The first kappa shape index (κ1) is 18.7. The van der Waals surface area contributed by atoms with Crippen LogP contribution < -0.4 is 0 Å². The summed E-state index contributed by atoms with van der Waals surface area (Å²) in [6.07, 6.45) is 9.62. The van der Waals surface area contributed by atoms with Gasteiger partial charge in [0.25, 0.3) is 0 Å². The van der Waals surface area contributed by atoms with E-state index in [9.17, 15) is 14.7 Å². The van der Waals surface area contributed by atoms with Crippen LogP contribution in [-0.2, 0) is 9.59 Å². The van der Waals surface area contributed by atoms with E-state index in [1.54, 1.807) is 0 Å². The molecule has 0 aliphatic carbocycles. The van der Waals surface area contributed by atoms with Crippen LogP contribution in [0.25, 0.3) is 0 Å². The van der Waals surface area contributed by atoms with E-state index >= 15 is 0 Å². The highest BCUT2D eigenvalue weighted by Gasteiger charge is 2.24. The maximum absolute atomic E-state index is 11.3. The average Bonchev–Trinajstić information content (AvgIpc) is 2.39. The number of allylic oxidation sites excluding steroid dienone is 1. The molecule has 0 aromatic rings. The summed E-state index contributed by atoms with van der Waals surface area (Å²) < 4.78 is 0. The summed E-state index contributed by atoms with van der Waals surface area (Å²) in [6, 6.07) is 0. The van der Waals surface area contributed by atoms with E-state index in [0.29, 0.717) is 6.42 Å². The molecular weight excluding hydrogens is 256 g/mol. The van der Waals surface area contributed by atoms with Crippen molar-refractivity contribution in [3.05, 3.63) is 11.6 Å². The summed E-state index contributed by atoms with van der Waals surface area (Å²) >= 11 is 0. The summed E-state index contributed by atoms with van der Waals surface area (Å²) in [4.78, 5) is 22.1. The van der Waals surface area contributed by atoms with Gasteiger partial charge in [0, 0.05) is 0 Å². The molecule has 0 bridgehead atoms. The van der Waals surface area contributed by atoms with Gasteiger partial charge in [0.2, 0.25) is 0 Å².